The van der Waals surface area contributed by atoms with Crippen molar-refractivity contribution >= 4 is 11.6 Å². The summed E-state index contributed by atoms with van der Waals surface area (Å²) in [7, 11) is 0. The Hall–Kier alpha value is -1.35. The molecule has 1 radical (unpaired) electrons. The molecule has 0 N–H and O–H groups in total. The third kappa shape index (κ3) is 2.18. The summed E-state index contributed by atoms with van der Waals surface area (Å²) in [4.78, 5) is 0. The van der Waals surface area contributed by atoms with Gasteiger partial charge in [0, 0.05) is 11.2 Å². The predicted molar refractivity (Wildman–Crippen MR) is 59.6 cm³/mol. The zero-order chi connectivity index (χ0) is 10.7. The first-order chi connectivity index (χ1) is 7.31. The fraction of sp³-hybridized carbons (Fsp3) is 0.182. The zero-order valence-electron chi connectivity index (χ0n) is 8.18. The van der Waals surface area contributed by atoms with Crippen molar-refractivity contribution in [2.45, 2.75) is 12.5 Å². The van der Waals surface area contributed by atoms with Crippen molar-refractivity contribution in [2.75, 3.05) is 0 Å². The van der Waals surface area contributed by atoms with Crippen LogP contribution in [0.2, 0.25) is 5.02 Å². The smallest absolute Gasteiger partial charge is 0.0786 e. The van der Waals surface area contributed by atoms with E-state index in [-0.39, 0.29) is 6.04 Å². The van der Waals surface area contributed by atoms with Gasteiger partial charge >= 0.3 is 0 Å². The zero-order valence-corrected chi connectivity index (χ0v) is 8.93. The Morgan fingerprint density at radius 2 is 2.07 bits per heavy atom. The van der Waals surface area contributed by atoms with Crippen molar-refractivity contribution in [3.05, 3.63) is 54.2 Å². The fourth-order valence-corrected chi connectivity index (χ4v) is 1.65. The molecule has 0 spiro atoms. The summed E-state index contributed by atoms with van der Waals surface area (Å²) in [6, 6.07) is 7.84. The quantitative estimate of drug-likeness (QED) is 0.797. The van der Waals surface area contributed by atoms with Crippen molar-refractivity contribution in [1.29, 1.82) is 0 Å². The highest BCUT2D eigenvalue weighted by Gasteiger charge is 2.11. The standard InChI is InChI=1S/C11H11ClN3/c1-2-11(15-8-7-13-14-15)9-3-5-10(12)6-4-9/h3-8,11H,1-2H2. The molecule has 1 aromatic heterocycles. The third-order valence-corrected chi connectivity index (χ3v) is 2.54. The van der Waals surface area contributed by atoms with Gasteiger partial charge in [0.2, 0.25) is 0 Å². The number of hydrogen-bond donors (Lipinski definition) is 0. The third-order valence-electron chi connectivity index (χ3n) is 2.29. The normalized spacial score (nSPS) is 12.7. The Balaban J connectivity index is 2.31. The van der Waals surface area contributed by atoms with E-state index in [4.69, 9.17) is 11.6 Å². The van der Waals surface area contributed by atoms with E-state index in [0.717, 1.165) is 17.0 Å². The van der Waals surface area contributed by atoms with Gasteiger partial charge < -0.3 is 0 Å². The van der Waals surface area contributed by atoms with Crippen LogP contribution in [-0.4, -0.2) is 15.0 Å². The molecule has 0 saturated heterocycles. The largest absolute Gasteiger partial charge is 0.245 e. The second kappa shape index (κ2) is 4.45. The van der Waals surface area contributed by atoms with Gasteiger partial charge in [-0.25, -0.2) is 4.68 Å². The maximum atomic E-state index is 5.83. The van der Waals surface area contributed by atoms with Crippen LogP contribution in [0.25, 0.3) is 0 Å². The summed E-state index contributed by atoms with van der Waals surface area (Å²) < 4.78 is 1.80. The lowest BCUT2D eigenvalue weighted by Crippen LogP contribution is -2.10. The molecule has 15 heavy (non-hydrogen) atoms. The molecule has 0 aliphatic rings. The lowest BCUT2D eigenvalue weighted by molar-refractivity contribution is 0.509. The van der Waals surface area contributed by atoms with Crippen LogP contribution in [0.4, 0.5) is 0 Å². The van der Waals surface area contributed by atoms with Crippen LogP contribution in [0.15, 0.2) is 36.7 Å². The first-order valence-electron chi connectivity index (χ1n) is 4.72. The van der Waals surface area contributed by atoms with E-state index in [2.05, 4.69) is 17.2 Å². The van der Waals surface area contributed by atoms with Gasteiger partial charge in [-0.3, -0.25) is 0 Å². The Kier molecular flexibility index (Phi) is 3.02. The minimum atomic E-state index is 0.129. The van der Waals surface area contributed by atoms with Crippen LogP contribution in [0.5, 0.6) is 0 Å². The van der Waals surface area contributed by atoms with Crippen LogP contribution in [0.1, 0.15) is 18.0 Å². The Labute approximate surface area is 93.7 Å². The fourth-order valence-electron chi connectivity index (χ4n) is 1.52. The number of halogens is 1. The van der Waals surface area contributed by atoms with Gasteiger partial charge in [-0.1, -0.05) is 35.9 Å². The maximum absolute atomic E-state index is 5.83. The number of benzene rings is 1. The summed E-state index contributed by atoms with van der Waals surface area (Å²) >= 11 is 5.83. The minimum Gasteiger partial charge on any atom is -0.245 e. The van der Waals surface area contributed by atoms with Crippen molar-refractivity contribution in [1.82, 2.24) is 15.0 Å². The van der Waals surface area contributed by atoms with Crippen LogP contribution >= 0.6 is 11.6 Å². The van der Waals surface area contributed by atoms with E-state index in [1.54, 1.807) is 10.9 Å². The minimum absolute atomic E-state index is 0.129. The monoisotopic (exact) mass is 220 g/mol. The lowest BCUT2D eigenvalue weighted by atomic mass is 10.1. The van der Waals surface area contributed by atoms with Crippen LogP contribution < -0.4 is 0 Å². The molecule has 1 aromatic carbocycles. The topological polar surface area (TPSA) is 30.7 Å². The van der Waals surface area contributed by atoms with Crippen molar-refractivity contribution in [2.24, 2.45) is 0 Å². The van der Waals surface area contributed by atoms with E-state index in [0.29, 0.717) is 0 Å². The maximum Gasteiger partial charge on any atom is 0.0786 e. The SMILES string of the molecule is [CH2]CC(c1ccc(Cl)cc1)n1ccnn1. The van der Waals surface area contributed by atoms with Gasteiger partial charge in [0.15, 0.2) is 0 Å². The highest BCUT2D eigenvalue weighted by Crippen LogP contribution is 2.21. The average molecular weight is 221 g/mol. The molecule has 0 bridgehead atoms. The molecule has 2 rings (SSSR count). The van der Waals surface area contributed by atoms with Crippen LogP contribution in [0, 0.1) is 6.92 Å². The predicted octanol–water partition coefficient (Wildman–Crippen LogP) is 2.75. The molecule has 0 aliphatic heterocycles. The Morgan fingerprint density at radius 1 is 1.33 bits per heavy atom. The van der Waals surface area contributed by atoms with Crippen molar-refractivity contribution < 1.29 is 0 Å². The summed E-state index contributed by atoms with van der Waals surface area (Å²) in [5, 5.41) is 8.51. The Morgan fingerprint density at radius 3 is 2.60 bits per heavy atom. The van der Waals surface area contributed by atoms with E-state index in [1.807, 2.05) is 30.5 Å². The highest BCUT2D eigenvalue weighted by molar-refractivity contribution is 6.30. The van der Waals surface area contributed by atoms with E-state index >= 15 is 0 Å². The molecule has 1 atom stereocenters. The molecule has 3 nitrogen and oxygen atoms in total. The molecule has 1 unspecified atom stereocenters. The summed E-state index contributed by atoms with van der Waals surface area (Å²) in [6.07, 6.45) is 4.23. The van der Waals surface area contributed by atoms with Gasteiger partial charge in [0.1, 0.15) is 0 Å². The highest BCUT2D eigenvalue weighted by atomic mass is 35.5. The molecule has 1 heterocycles. The summed E-state index contributed by atoms with van der Waals surface area (Å²) in [5.41, 5.74) is 1.14. The molecule has 4 heteroatoms. The summed E-state index contributed by atoms with van der Waals surface area (Å²) in [6.45, 7) is 3.92. The van der Waals surface area contributed by atoms with Gasteiger partial charge in [-0.15, -0.1) is 5.10 Å². The van der Waals surface area contributed by atoms with Crippen molar-refractivity contribution in [3.63, 3.8) is 0 Å². The van der Waals surface area contributed by atoms with Gasteiger partial charge in [0.25, 0.3) is 0 Å². The van der Waals surface area contributed by atoms with Crippen molar-refractivity contribution in [3.8, 4) is 0 Å². The average Bonchev–Trinajstić information content (AvgIpc) is 2.75. The Bertz CT molecular complexity index is 408. The van der Waals surface area contributed by atoms with Gasteiger partial charge in [-0.2, -0.15) is 0 Å². The number of rotatable bonds is 3. The first-order valence-corrected chi connectivity index (χ1v) is 5.09. The lowest BCUT2D eigenvalue weighted by Gasteiger charge is -2.14. The second-order valence-electron chi connectivity index (χ2n) is 3.24. The summed E-state index contributed by atoms with van der Waals surface area (Å²) in [5.74, 6) is 0. The molecular weight excluding hydrogens is 210 g/mol. The van der Waals surface area contributed by atoms with E-state index in [9.17, 15) is 0 Å². The molecule has 77 valence electrons. The molecule has 0 amide bonds. The number of aromatic nitrogens is 3. The molecule has 0 aliphatic carbocycles. The molecule has 0 saturated carbocycles. The van der Waals surface area contributed by atoms with Crippen LogP contribution in [0.3, 0.4) is 0 Å². The van der Waals surface area contributed by atoms with Gasteiger partial charge in [-0.05, 0) is 24.1 Å². The van der Waals surface area contributed by atoms with Crippen LogP contribution in [-0.2, 0) is 0 Å². The van der Waals surface area contributed by atoms with Gasteiger partial charge in [0.05, 0.1) is 12.2 Å². The van der Waals surface area contributed by atoms with E-state index < -0.39 is 0 Å². The van der Waals surface area contributed by atoms with E-state index in [1.165, 1.54) is 0 Å². The molecular formula is C11H11ClN3. The number of hydrogen-bond acceptors (Lipinski definition) is 2. The number of nitrogens with zero attached hydrogens (tertiary/aromatic N) is 3. The molecule has 0 fully saturated rings. The first kappa shape index (κ1) is 10.2. The molecule has 2 aromatic rings. The second-order valence-corrected chi connectivity index (χ2v) is 3.68.